The van der Waals surface area contributed by atoms with Gasteiger partial charge in [0.2, 0.25) is 0 Å². The van der Waals surface area contributed by atoms with E-state index in [9.17, 15) is 4.57 Å². The predicted octanol–water partition coefficient (Wildman–Crippen LogP) is 3.74. The molecule has 1 heterocycles. The van der Waals surface area contributed by atoms with Crippen molar-refractivity contribution >= 4 is 32.1 Å². The zero-order valence-corrected chi connectivity index (χ0v) is 17.7. The van der Waals surface area contributed by atoms with Crippen LogP contribution in [0.15, 0.2) is 64.0 Å². The maximum atomic E-state index is 12.8. The third-order valence-corrected chi connectivity index (χ3v) is 9.98. The van der Waals surface area contributed by atoms with Gasteiger partial charge >= 0.3 is 159 Å². The third kappa shape index (κ3) is 4.37. The fourth-order valence-corrected chi connectivity index (χ4v) is 8.55. The molecule has 0 aromatic heterocycles. The van der Waals surface area contributed by atoms with Crippen LogP contribution in [0.3, 0.4) is 0 Å². The van der Waals surface area contributed by atoms with E-state index in [1.165, 1.54) is 10.7 Å². The van der Waals surface area contributed by atoms with Crippen molar-refractivity contribution < 1.29 is 18.3 Å². The van der Waals surface area contributed by atoms with E-state index in [1.54, 1.807) is 12.9 Å². The summed E-state index contributed by atoms with van der Waals surface area (Å²) in [5.41, 5.74) is 0.498. The van der Waals surface area contributed by atoms with E-state index in [1.807, 2.05) is 49.4 Å². The van der Waals surface area contributed by atoms with E-state index >= 15 is 0 Å². The molecule has 3 rings (SSSR count). The Morgan fingerprint density at radius 3 is 2.36 bits per heavy atom. The summed E-state index contributed by atoms with van der Waals surface area (Å²) in [6.45, 7) is 2.01. The van der Waals surface area contributed by atoms with Gasteiger partial charge in [-0.25, -0.2) is 0 Å². The molecule has 0 unspecified atom stereocenters. The average Bonchev–Trinajstić information content (AvgIpc) is 2.87. The fraction of sp³-hybridized carbons (Fsp3) is 0.263. The van der Waals surface area contributed by atoms with Crippen molar-refractivity contribution in [3.05, 3.63) is 69.6 Å². The first-order valence-corrected chi connectivity index (χ1v) is 11.9. The molecule has 0 bridgehead atoms. The molecular formula is C19H21O4PTe. The Bertz CT molecular complexity index is 804. The van der Waals surface area contributed by atoms with E-state index in [-0.39, 0.29) is 0 Å². The Morgan fingerprint density at radius 2 is 1.76 bits per heavy atom. The molecule has 6 heteroatoms. The standard InChI is InChI=1S/C19H21O4PTe/c1-19(13-15-9-11-16(21-2)12-10-15)18(14-24(20,22-3)23-19)25-17-7-5-4-6-8-17/h4-12,14H,13H2,1-3H3/t19-,24+/m0/s1. The Balaban J connectivity index is 1.88. The molecule has 0 aliphatic carbocycles. The van der Waals surface area contributed by atoms with Crippen molar-refractivity contribution in [3.63, 3.8) is 0 Å². The molecule has 0 saturated heterocycles. The first kappa shape index (κ1) is 18.7. The second kappa shape index (κ2) is 7.66. The molecule has 0 amide bonds. The van der Waals surface area contributed by atoms with Crippen LogP contribution in [0.1, 0.15) is 12.5 Å². The molecule has 2 atom stereocenters. The van der Waals surface area contributed by atoms with Gasteiger partial charge in [-0.15, -0.1) is 0 Å². The summed E-state index contributed by atoms with van der Waals surface area (Å²) in [6.07, 6.45) is 0.647. The number of ether oxygens (including phenoxy) is 1. The van der Waals surface area contributed by atoms with Crippen LogP contribution < -0.4 is 8.35 Å². The van der Waals surface area contributed by atoms with Crippen molar-refractivity contribution in [2.24, 2.45) is 0 Å². The van der Waals surface area contributed by atoms with Gasteiger partial charge in [0, 0.05) is 0 Å². The van der Waals surface area contributed by atoms with Crippen LogP contribution in [0.4, 0.5) is 0 Å². The van der Waals surface area contributed by atoms with Crippen molar-refractivity contribution in [1.82, 2.24) is 0 Å². The van der Waals surface area contributed by atoms with Gasteiger partial charge < -0.3 is 0 Å². The molecule has 2 aromatic carbocycles. The van der Waals surface area contributed by atoms with Crippen molar-refractivity contribution in [2.75, 3.05) is 14.2 Å². The number of methoxy groups -OCH3 is 1. The van der Waals surface area contributed by atoms with Gasteiger partial charge in [0.1, 0.15) is 0 Å². The van der Waals surface area contributed by atoms with Gasteiger partial charge in [-0.2, -0.15) is 0 Å². The van der Waals surface area contributed by atoms with E-state index < -0.39 is 34.1 Å². The van der Waals surface area contributed by atoms with Crippen molar-refractivity contribution in [3.8, 4) is 5.75 Å². The number of hydrogen-bond acceptors (Lipinski definition) is 4. The number of hydrogen-bond donors (Lipinski definition) is 0. The van der Waals surface area contributed by atoms with Gasteiger partial charge in [-0.1, -0.05) is 0 Å². The first-order chi connectivity index (χ1) is 12.0. The SMILES string of the molecule is COc1ccc(C[C@]2(C)O[P@](=O)(OC)C=C2[Te]c2ccccc2)cc1. The molecule has 0 fully saturated rings. The van der Waals surface area contributed by atoms with Gasteiger partial charge in [0.05, 0.1) is 0 Å². The number of benzene rings is 2. The van der Waals surface area contributed by atoms with Gasteiger partial charge in [0.25, 0.3) is 0 Å². The van der Waals surface area contributed by atoms with Crippen LogP contribution in [-0.2, 0) is 20.0 Å². The summed E-state index contributed by atoms with van der Waals surface area (Å²) in [7, 11) is -0.0805. The van der Waals surface area contributed by atoms with Crippen LogP contribution in [-0.4, -0.2) is 40.7 Å². The molecule has 0 saturated carbocycles. The normalized spacial score (nSPS) is 25.6. The second-order valence-corrected chi connectivity index (χ2v) is 11.0. The minimum atomic E-state index is -3.17. The first-order valence-electron chi connectivity index (χ1n) is 7.92. The topological polar surface area (TPSA) is 44.8 Å². The van der Waals surface area contributed by atoms with Gasteiger partial charge in [0.15, 0.2) is 0 Å². The fourth-order valence-electron chi connectivity index (χ4n) is 2.72. The van der Waals surface area contributed by atoms with Crippen molar-refractivity contribution in [1.29, 1.82) is 0 Å². The van der Waals surface area contributed by atoms with Crippen LogP contribution in [0.2, 0.25) is 0 Å². The zero-order chi connectivity index (χ0) is 17.9. The monoisotopic (exact) mass is 474 g/mol. The molecule has 4 nitrogen and oxygen atoms in total. The molecule has 0 N–H and O–H groups in total. The molecule has 0 spiro atoms. The molecule has 0 radical (unpaired) electrons. The molecular weight excluding hydrogens is 451 g/mol. The third-order valence-electron chi connectivity index (χ3n) is 4.05. The maximum absolute atomic E-state index is 12.8. The Hall–Kier alpha value is -1.08. The molecule has 25 heavy (non-hydrogen) atoms. The predicted molar refractivity (Wildman–Crippen MR) is 101 cm³/mol. The van der Waals surface area contributed by atoms with Crippen LogP contribution >= 0.6 is 7.60 Å². The van der Waals surface area contributed by atoms with Crippen LogP contribution in [0.5, 0.6) is 5.75 Å². The van der Waals surface area contributed by atoms with Gasteiger partial charge in [-0.05, 0) is 0 Å². The van der Waals surface area contributed by atoms with E-state index in [0.717, 1.165) is 14.9 Å². The molecule has 2 aromatic rings. The summed E-state index contributed by atoms with van der Waals surface area (Å²) < 4.78 is 31.6. The summed E-state index contributed by atoms with van der Waals surface area (Å²) in [6, 6.07) is 18.2. The van der Waals surface area contributed by atoms with E-state index in [4.69, 9.17) is 13.8 Å². The second-order valence-electron chi connectivity index (χ2n) is 5.98. The summed E-state index contributed by atoms with van der Waals surface area (Å²) in [5, 5.41) is 0. The molecule has 1 aliphatic heterocycles. The minimum absolute atomic E-state index is 0.613. The summed E-state index contributed by atoms with van der Waals surface area (Å²) >= 11 is -0.692. The summed E-state index contributed by atoms with van der Waals surface area (Å²) in [4.78, 5) is 0. The van der Waals surface area contributed by atoms with E-state index in [0.29, 0.717) is 6.42 Å². The zero-order valence-electron chi connectivity index (χ0n) is 14.5. The van der Waals surface area contributed by atoms with Crippen LogP contribution in [0, 0.1) is 0 Å². The average molecular weight is 472 g/mol. The molecule has 132 valence electrons. The van der Waals surface area contributed by atoms with E-state index in [2.05, 4.69) is 12.1 Å². The number of rotatable bonds is 6. The van der Waals surface area contributed by atoms with Crippen molar-refractivity contribution in [2.45, 2.75) is 18.9 Å². The quantitative estimate of drug-likeness (QED) is 0.475. The molecule has 1 aliphatic rings. The van der Waals surface area contributed by atoms with Crippen LogP contribution in [0.25, 0.3) is 0 Å². The summed E-state index contributed by atoms with van der Waals surface area (Å²) in [5.74, 6) is 2.56. The Labute approximate surface area is 158 Å². The Morgan fingerprint density at radius 1 is 1.08 bits per heavy atom. The van der Waals surface area contributed by atoms with Gasteiger partial charge in [-0.3, -0.25) is 0 Å². The Kier molecular flexibility index (Phi) is 5.73.